The number of aliphatic imine (C=N–C) groups is 1. The van der Waals surface area contributed by atoms with E-state index in [2.05, 4.69) is 15.6 Å². The van der Waals surface area contributed by atoms with Crippen LogP contribution >= 0.6 is 0 Å². The van der Waals surface area contributed by atoms with Crippen LogP contribution in [0.4, 0.5) is 13.2 Å². The molecule has 2 fully saturated rings. The maximum Gasteiger partial charge on any atom is 0.490 e. The van der Waals surface area contributed by atoms with Crippen molar-refractivity contribution in [2.75, 3.05) is 13.6 Å². The van der Waals surface area contributed by atoms with E-state index in [0.717, 1.165) is 68.9 Å². The maximum atomic E-state index is 14.3. The Morgan fingerprint density at radius 2 is 1.39 bits per heavy atom. The van der Waals surface area contributed by atoms with Gasteiger partial charge in [-0.15, -0.1) is 0 Å². The fourth-order valence-corrected chi connectivity index (χ4v) is 7.43. The lowest BCUT2D eigenvalue weighted by molar-refractivity contribution is -0.192. The number of alkyl halides is 3. The fourth-order valence-electron chi connectivity index (χ4n) is 7.43. The minimum absolute atomic E-state index is 0.00810. The Morgan fingerprint density at radius 3 is 1.91 bits per heavy atom. The lowest BCUT2D eigenvalue weighted by Crippen LogP contribution is -2.57. The average molecular weight is 787 g/mol. The molecule has 2 aromatic rings. The van der Waals surface area contributed by atoms with Gasteiger partial charge in [-0.1, -0.05) is 93.1 Å². The number of nitrogens with one attached hydrogen (secondary N) is 3. The van der Waals surface area contributed by atoms with E-state index in [4.69, 9.17) is 32.5 Å². The number of aliphatic carboxylic acids is 1. The Hall–Kier alpha value is -5.15. The van der Waals surface area contributed by atoms with Gasteiger partial charge in [-0.05, 0) is 67.9 Å². The Morgan fingerprint density at radius 1 is 0.839 bits per heavy atom. The van der Waals surface area contributed by atoms with Gasteiger partial charge in [0.25, 0.3) is 0 Å². The number of halogens is 3. The highest BCUT2D eigenvalue weighted by Gasteiger charge is 2.39. The van der Waals surface area contributed by atoms with Crippen LogP contribution in [0.15, 0.2) is 59.6 Å². The predicted molar refractivity (Wildman–Crippen MR) is 208 cm³/mol. The van der Waals surface area contributed by atoms with E-state index in [9.17, 15) is 27.6 Å². The van der Waals surface area contributed by atoms with Gasteiger partial charge in [0.1, 0.15) is 17.9 Å². The Balaban J connectivity index is 0.00000109. The first-order valence-corrected chi connectivity index (χ1v) is 19.2. The van der Waals surface area contributed by atoms with Gasteiger partial charge in [-0.3, -0.25) is 24.8 Å². The van der Waals surface area contributed by atoms with E-state index >= 15 is 0 Å². The second-order valence-corrected chi connectivity index (χ2v) is 14.7. The van der Waals surface area contributed by atoms with E-state index in [0.29, 0.717) is 37.9 Å². The van der Waals surface area contributed by atoms with Gasteiger partial charge < -0.3 is 37.8 Å². The Labute approximate surface area is 326 Å². The minimum atomic E-state index is -5.08. The number of carboxylic acid groups (broad SMARTS) is 1. The number of hydrogen-bond donors (Lipinski definition) is 7. The molecule has 16 heteroatoms. The van der Waals surface area contributed by atoms with Crippen LogP contribution in [0.2, 0.25) is 0 Å². The number of likely N-dealkylation sites (N-methyl/N-ethyl adjacent to an activating group) is 1. The highest BCUT2D eigenvalue weighted by Crippen LogP contribution is 2.33. The van der Waals surface area contributed by atoms with Crippen LogP contribution in [0, 0.1) is 23.2 Å². The van der Waals surface area contributed by atoms with Crippen molar-refractivity contribution in [2.45, 2.75) is 108 Å². The molecule has 3 amide bonds. The molecule has 4 rings (SSSR count). The largest absolute Gasteiger partial charge is 0.490 e. The van der Waals surface area contributed by atoms with Gasteiger partial charge in [0.15, 0.2) is 5.96 Å². The van der Waals surface area contributed by atoms with E-state index in [1.54, 1.807) is 11.9 Å². The highest BCUT2D eigenvalue weighted by molar-refractivity contribution is 5.95. The van der Waals surface area contributed by atoms with Crippen molar-refractivity contribution in [3.05, 3.63) is 71.3 Å². The second-order valence-electron chi connectivity index (χ2n) is 14.7. The molecular formula is C40H57F3N8O5. The van der Waals surface area contributed by atoms with Crippen LogP contribution in [-0.2, 0) is 32.1 Å². The molecule has 0 radical (unpaired) electrons. The van der Waals surface area contributed by atoms with Crippen molar-refractivity contribution in [3.63, 3.8) is 0 Å². The van der Waals surface area contributed by atoms with Crippen LogP contribution in [0.3, 0.4) is 0 Å². The predicted octanol–water partition coefficient (Wildman–Crippen LogP) is 4.61. The molecule has 13 nitrogen and oxygen atoms in total. The number of amidine groups is 1. The molecule has 10 N–H and O–H groups in total. The number of nitrogens with two attached hydrogens (primary N) is 3. The number of rotatable bonds is 16. The highest BCUT2D eigenvalue weighted by atomic mass is 19.4. The van der Waals surface area contributed by atoms with Gasteiger partial charge in [0.2, 0.25) is 17.7 Å². The quantitative estimate of drug-likeness (QED) is 0.0721. The summed E-state index contributed by atoms with van der Waals surface area (Å²) < 4.78 is 31.7. The summed E-state index contributed by atoms with van der Waals surface area (Å²) in [6.45, 7) is 0.739. The second kappa shape index (κ2) is 22.4. The van der Waals surface area contributed by atoms with Crippen LogP contribution < -0.4 is 27.8 Å². The molecule has 0 aromatic heterocycles. The number of hydrogen-bond acceptors (Lipinski definition) is 6. The molecule has 0 spiro atoms. The summed E-state index contributed by atoms with van der Waals surface area (Å²) in [5.74, 6) is -3.49. The molecule has 2 aromatic carbocycles. The SMILES string of the molecule is CN(Cc1ccccc1)C(=O)[C@H](CCCN=C(N)N)NC(=O)C(NC(=O)C(Cc1ccc(C(=N)N)cc1)C1CCCCC1)C1CCCCC1.O=C(O)C(F)(F)F. The molecule has 2 unspecified atom stereocenters. The van der Waals surface area contributed by atoms with Crippen molar-refractivity contribution in [3.8, 4) is 0 Å². The number of carbonyl (C=O) groups is 4. The first-order valence-electron chi connectivity index (χ1n) is 19.2. The average Bonchev–Trinajstić information content (AvgIpc) is 3.17. The Kier molecular flexibility index (Phi) is 18.1. The van der Waals surface area contributed by atoms with E-state index < -0.39 is 24.2 Å². The lowest BCUT2D eigenvalue weighted by Gasteiger charge is -2.35. The molecule has 2 aliphatic carbocycles. The molecule has 2 saturated carbocycles. The zero-order valence-electron chi connectivity index (χ0n) is 32.0. The topological polar surface area (TPSA) is 230 Å². The number of carbonyl (C=O) groups excluding carboxylic acids is 3. The summed E-state index contributed by atoms with van der Waals surface area (Å²) in [4.78, 5) is 57.0. The van der Waals surface area contributed by atoms with Gasteiger partial charge in [-0.2, -0.15) is 13.2 Å². The number of amides is 3. The van der Waals surface area contributed by atoms with Crippen molar-refractivity contribution in [1.82, 2.24) is 15.5 Å². The van der Waals surface area contributed by atoms with Crippen LogP contribution in [0.25, 0.3) is 0 Å². The minimum Gasteiger partial charge on any atom is -0.475 e. The number of carboxylic acids is 1. The zero-order valence-corrected chi connectivity index (χ0v) is 32.0. The van der Waals surface area contributed by atoms with Crippen LogP contribution in [-0.4, -0.2) is 77.3 Å². The molecule has 0 heterocycles. The van der Waals surface area contributed by atoms with E-state index in [1.807, 2.05) is 54.6 Å². The third-order valence-electron chi connectivity index (χ3n) is 10.4. The Bertz CT molecular complexity index is 1610. The molecule has 308 valence electrons. The number of guanidine groups is 1. The van der Waals surface area contributed by atoms with Crippen LogP contribution in [0.5, 0.6) is 0 Å². The molecule has 2 aliphatic rings. The summed E-state index contributed by atoms with van der Waals surface area (Å²) >= 11 is 0. The first kappa shape index (κ1) is 45.2. The van der Waals surface area contributed by atoms with Gasteiger partial charge in [-0.25, -0.2) is 4.79 Å². The van der Waals surface area contributed by atoms with Gasteiger partial charge in [0.05, 0.1) is 0 Å². The van der Waals surface area contributed by atoms with Gasteiger partial charge >= 0.3 is 12.1 Å². The summed E-state index contributed by atoms with van der Waals surface area (Å²) in [6, 6.07) is 15.7. The molecule has 0 bridgehead atoms. The normalized spacial score (nSPS) is 16.5. The monoisotopic (exact) mass is 786 g/mol. The fraction of sp³-hybridized carbons (Fsp3) is 0.550. The van der Waals surface area contributed by atoms with Gasteiger partial charge in [0, 0.05) is 31.6 Å². The van der Waals surface area contributed by atoms with Crippen molar-refractivity contribution in [1.29, 1.82) is 5.41 Å². The van der Waals surface area contributed by atoms with Crippen molar-refractivity contribution < 1.29 is 37.5 Å². The van der Waals surface area contributed by atoms with Crippen molar-refractivity contribution in [2.24, 2.45) is 39.9 Å². The molecule has 0 aliphatic heterocycles. The number of nitrogen functional groups attached to an aromatic ring is 1. The standard InChI is InChI=1S/C38H56N8O3.C2HF3O2/c1-46(25-27-12-5-2-6-13-27)37(49)32(18-11-23-43-38(41)42)44-36(48)33(29-16-9-4-10-17-29)45-35(47)31(28-14-7-3-8-15-28)24-26-19-21-30(22-20-26)34(39)40;3-2(4,5)1(6)7/h2,5-6,12-13,19-22,28-29,31-33H,3-4,7-11,14-18,23-25H2,1H3,(H3,39,40)(H,44,48)(H,45,47)(H4,41,42,43);(H,6,7)/t31?,32-,33?;/m0./s1. The molecule has 3 atom stereocenters. The van der Waals surface area contributed by atoms with E-state index in [-0.39, 0.29) is 47.3 Å². The summed E-state index contributed by atoms with van der Waals surface area (Å²) in [7, 11) is 1.74. The first-order chi connectivity index (χ1) is 26.6. The summed E-state index contributed by atoms with van der Waals surface area (Å²) in [6.07, 6.45) is 6.41. The summed E-state index contributed by atoms with van der Waals surface area (Å²) in [5.41, 5.74) is 19.4. The molecule has 0 saturated heterocycles. The van der Waals surface area contributed by atoms with Crippen LogP contribution in [0.1, 0.15) is 93.7 Å². The third kappa shape index (κ3) is 15.2. The summed E-state index contributed by atoms with van der Waals surface area (Å²) in [5, 5.41) is 21.2. The lowest BCUT2D eigenvalue weighted by atomic mass is 9.76. The third-order valence-corrected chi connectivity index (χ3v) is 10.4. The number of benzene rings is 2. The maximum absolute atomic E-state index is 14.3. The van der Waals surface area contributed by atoms with E-state index in [1.165, 1.54) is 6.42 Å². The number of nitrogens with zero attached hydrogens (tertiary/aromatic N) is 2. The van der Waals surface area contributed by atoms with Crippen molar-refractivity contribution >= 4 is 35.5 Å². The molecular weight excluding hydrogens is 729 g/mol. The molecule has 56 heavy (non-hydrogen) atoms. The smallest absolute Gasteiger partial charge is 0.475 e. The zero-order chi connectivity index (χ0) is 41.3.